The number of halogens is 1. The molecule has 6 heteroatoms. The van der Waals surface area contributed by atoms with E-state index in [4.69, 9.17) is 0 Å². The van der Waals surface area contributed by atoms with Crippen LogP contribution in [-0.2, 0) is 0 Å². The molecule has 1 amide bonds. The molecule has 0 aliphatic carbocycles. The van der Waals surface area contributed by atoms with Gasteiger partial charge in [0.2, 0.25) is 0 Å². The highest BCUT2D eigenvalue weighted by molar-refractivity contribution is 9.10. The molecule has 1 saturated heterocycles. The van der Waals surface area contributed by atoms with Gasteiger partial charge in [-0.15, -0.1) is 0 Å². The quantitative estimate of drug-likeness (QED) is 0.741. The third-order valence-corrected chi connectivity index (χ3v) is 6.04. The van der Waals surface area contributed by atoms with E-state index in [9.17, 15) is 4.79 Å². The van der Waals surface area contributed by atoms with E-state index >= 15 is 0 Å². The van der Waals surface area contributed by atoms with Gasteiger partial charge in [0.15, 0.2) is 0 Å². The summed E-state index contributed by atoms with van der Waals surface area (Å²) in [5.74, 6) is -0.0449. The summed E-state index contributed by atoms with van der Waals surface area (Å²) >= 11 is 3.47. The van der Waals surface area contributed by atoms with Crippen molar-refractivity contribution in [3.63, 3.8) is 0 Å². The van der Waals surface area contributed by atoms with Crippen LogP contribution in [0.3, 0.4) is 0 Å². The lowest BCUT2D eigenvalue weighted by Crippen LogP contribution is -2.48. The molecule has 0 bridgehead atoms. The number of amides is 1. The lowest BCUT2D eigenvalue weighted by Gasteiger charge is -2.38. The van der Waals surface area contributed by atoms with Crippen molar-refractivity contribution in [3.05, 3.63) is 64.1 Å². The van der Waals surface area contributed by atoms with Gasteiger partial charge < -0.3 is 15.1 Å². The van der Waals surface area contributed by atoms with Crippen LogP contribution >= 0.6 is 15.9 Å². The monoisotopic (exact) mass is 444 g/mol. The number of carbonyl (C=O) groups excluding carboxylic acids is 1. The SMILES string of the molecule is CN1CCN([C@H](CNC(=O)c2ccccc2Br)c2ccc(N(C)C)cc2)CC1. The predicted molar refractivity (Wildman–Crippen MR) is 119 cm³/mol. The maximum atomic E-state index is 12.7. The van der Waals surface area contributed by atoms with Crippen LogP contribution < -0.4 is 10.2 Å². The van der Waals surface area contributed by atoms with Gasteiger partial charge in [-0.25, -0.2) is 0 Å². The van der Waals surface area contributed by atoms with Crippen molar-refractivity contribution in [2.45, 2.75) is 6.04 Å². The topological polar surface area (TPSA) is 38.8 Å². The summed E-state index contributed by atoms with van der Waals surface area (Å²) in [6.07, 6.45) is 0. The van der Waals surface area contributed by atoms with Crippen LogP contribution in [0.15, 0.2) is 53.0 Å². The van der Waals surface area contributed by atoms with Gasteiger partial charge in [-0.05, 0) is 52.8 Å². The lowest BCUT2D eigenvalue weighted by atomic mass is 10.0. The van der Waals surface area contributed by atoms with Crippen LogP contribution in [0.2, 0.25) is 0 Å². The average molecular weight is 445 g/mol. The van der Waals surface area contributed by atoms with Crippen molar-refractivity contribution in [2.24, 2.45) is 0 Å². The van der Waals surface area contributed by atoms with Crippen LogP contribution in [0, 0.1) is 0 Å². The smallest absolute Gasteiger partial charge is 0.252 e. The Bertz CT molecular complexity index is 785. The molecular weight excluding hydrogens is 416 g/mol. The van der Waals surface area contributed by atoms with Crippen LogP contribution in [0.5, 0.6) is 0 Å². The first-order chi connectivity index (χ1) is 13.5. The predicted octanol–water partition coefficient (Wildman–Crippen LogP) is 3.23. The van der Waals surface area contributed by atoms with Gasteiger partial charge in [-0.2, -0.15) is 0 Å². The van der Waals surface area contributed by atoms with Crippen molar-refractivity contribution < 1.29 is 4.79 Å². The van der Waals surface area contributed by atoms with Gasteiger partial charge in [0, 0.05) is 57.0 Å². The molecule has 1 N–H and O–H groups in total. The van der Waals surface area contributed by atoms with Crippen LogP contribution in [-0.4, -0.2) is 69.6 Å². The number of nitrogens with one attached hydrogen (secondary N) is 1. The van der Waals surface area contributed by atoms with Gasteiger partial charge in [-0.3, -0.25) is 9.69 Å². The molecule has 0 radical (unpaired) electrons. The Morgan fingerprint density at radius 3 is 2.32 bits per heavy atom. The maximum Gasteiger partial charge on any atom is 0.252 e. The molecule has 1 aliphatic rings. The summed E-state index contributed by atoms with van der Waals surface area (Å²) in [5, 5.41) is 3.15. The molecule has 1 heterocycles. The van der Waals surface area contributed by atoms with Crippen molar-refractivity contribution >= 4 is 27.5 Å². The van der Waals surface area contributed by atoms with E-state index in [0.717, 1.165) is 30.7 Å². The summed E-state index contributed by atoms with van der Waals surface area (Å²) in [6, 6.07) is 16.4. The van der Waals surface area contributed by atoms with Crippen LogP contribution in [0.4, 0.5) is 5.69 Å². The van der Waals surface area contributed by atoms with Gasteiger partial charge in [0.25, 0.3) is 5.91 Å². The second-order valence-electron chi connectivity index (χ2n) is 7.53. The van der Waals surface area contributed by atoms with Crippen LogP contribution in [0.1, 0.15) is 22.0 Å². The molecule has 1 aliphatic heterocycles. The van der Waals surface area contributed by atoms with E-state index in [0.29, 0.717) is 12.1 Å². The molecule has 1 atom stereocenters. The minimum Gasteiger partial charge on any atom is -0.378 e. The zero-order valence-corrected chi connectivity index (χ0v) is 18.4. The second-order valence-corrected chi connectivity index (χ2v) is 8.39. The Morgan fingerprint density at radius 1 is 1.07 bits per heavy atom. The third-order valence-electron chi connectivity index (χ3n) is 5.35. The Kier molecular flexibility index (Phi) is 7.10. The van der Waals surface area contributed by atoms with Crippen molar-refractivity contribution in [1.82, 2.24) is 15.1 Å². The fourth-order valence-corrected chi connectivity index (χ4v) is 3.98. The first-order valence-electron chi connectivity index (χ1n) is 9.68. The van der Waals surface area contributed by atoms with E-state index in [2.05, 4.69) is 67.3 Å². The second kappa shape index (κ2) is 9.54. The number of anilines is 1. The number of nitrogens with zero attached hydrogens (tertiary/aromatic N) is 3. The molecule has 0 spiro atoms. The van der Waals surface area contributed by atoms with E-state index in [1.807, 2.05) is 38.4 Å². The number of rotatable bonds is 6. The van der Waals surface area contributed by atoms with Gasteiger partial charge >= 0.3 is 0 Å². The minimum absolute atomic E-state index is 0.0449. The molecule has 1 fully saturated rings. The average Bonchev–Trinajstić information content (AvgIpc) is 2.70. The summed E-state index contributed by atoms with van der Waals surface area (Å²) in [5.41, 5.74) is 3.09. The summed E-state index contributed by atoms with van der Waals surface area (Å²) < 4.78 is 0.819. The molecule has 28 heavy (non-hydrogen) atoms. The first kappa shape index (κ1) is 20.8. The maximum absolute atomic E-state index is 12.7. The molecule has 0 unspecified atom stereocenters. The minimum atomic E-state index is -0.0449. The van der Waals surface area contributed by atoms with E-state index in [1.54, 1.807) is 0 Å². The Hall–Kier alpha value is -1.89. The van der Waals surface area contributed by atoms with E-state index < -0.39 is 0 Å². The molecular formula is C22H29BrN4O. The Morgan fingerprint density at radius 2 is 1.71 bits per heavy atom. The number of benzene rings is 2. The number of hydrogen-bond donors (Lipinski definition) is 1. The number of hydrogen-bond acceptors (Lipinski definition) is 4. The summed E-state index contributed by atoms with van der Waals surface area (Å²) in [4.78, 5) is 19.6. The van der Waals surface area contributed by atoms with E-state index in [-0.39, 0.29) is 11.9 Å². The van der Waals surface area contributed by atoms with E-state index in [1.165, 1.54) is 11.3 Å². The number of carbonyl (C=O) groups is 1. The first-order valence-corrected chi connectivity index (χ1v) is 10.5. The van der Waals surface area contributed by atoms with Crippen molar-refractivity contribution in [2.75, 3.05) is 58.8 Å². The number of piperazine rings is 1. The zero-order valence-electron chi connectivity index (χ0n) is 16.9. The number of likely N-dealkylation sites (N-methyl/N-ethyl adjacent to an activating group) is 1. The van der Waals surface area contributed by atoms with Crippen molar-refractivity contribution in [3.8, 4) is 0 Å². The summed E-state index contributed by atoms with van der Waals surface area (Å²) in [6.45, 7) is 4.68. The highest BCUT2D eigenvalue weighted by Gasteiger charge is 2.25. The fourth-order valence-electron chi connectivity index (χ4n) is 3.52. The van der Waals surface area contributed by atoms with Gasteiger partial charge in [0.05, 0.1) is 11.6 Å². The molecule has 0 saturated carbocycles. The molecule has 2 aromatic carbocycles. The third kappa shape index (κ3) is 5.13. The van der Waals surface area contributed by atoms with Crippen LogP contribution in [0.25, 0.3) is 0 Å². The lowest BCUT2D eigenvalue weighted by molar-refractivity contribution is 0.0885. The molecule has 150 valence electrons. The van der Waals surface area contributed by atoms with Crippen molar-refractivity contribution in [1.29, 1.82) is 0 Å². The fraction of sp³-hybridized carbons (Fsp3) is 0.409. The molecule has 5 nitrogen and oxygen atoms in total. The zero-order chi connectivity index (χ0) is 20.1. The Labute approximate surface area is 176 Å². The Balaban J connectivity index is 1.76. The largest absolute Gasteiger partial charge is 0.378 e. The molecule has 0 aromatic heterocycles. The highest BCUT2D eigenvalue weighted by atomic mass is 79.9. The standard InChI is InChI=1S/C22H29BrN4O/c1-25(2)18-10-8-17(9-11-18)21(27-14-12-26(3)13-15-27)16-24-22(28)19-6-4-5-7-20(19)23/h4-11,21H,12-16H2,1-3H3,(H,24,28)/t21-/m1/s1. The summed E-state index contributed by atoms with van der Waals surface area (Å²) in [7, 11) is 6.25. The molecule has 2 aromatic rings. The van der Waals surface area contributed by atoms with Gasteiger partial charge in [0.1, 0.15) is 0 Å². The normalized spacial score (nSPS) is 16.6. The highest BCUT2D eigenvalue weighted by Crippen LogP contribution is 2.24. The van der Waals surface area contributed by atoms with Gasteiger partial charge in [-0.1, -0.05) is 24.3 Å². The molecule has 3 rings (SSSR count).